The van der Waals surface area contributed by atoms with Crippen LogP contribution in [0.3, 0.4) is 0 Å². The minimum Gasteiger partial charge on any atom is -0.489 e. The van der Waals surface area contributed by atoms with E-state index in [1.165, 1.54) is 96.3 Å². The molecule has 0 saturated heterocycles. The summed E-state index contributed by atoms with van der Waals surface area (Å²) < 4.78 is 20.3. The monoisotopic (exact) mass is 468 g/mol. The SMILES string of the molecule is C=CCOc1ccc(C2CCC3CC(CCC4CCC(CCCCC)CC4)CCC3C2)c(F)c1. The number of benzene rings is 1. The van der Waals surface area contributed by atoms with Crippen LogP contribution in [0.25, 0.3) is 0 Å². The smallest absolute Gasteiger partial charge is 0.130 e. The van der Waals surface area contributed by atoms with Crippen LogP contribution >= 0.6 is 0 Å². The Hall–Kier alpha value is -1.31. The average Bonchev–Trinajstić information content (AvgIpc) is 2.87. The predicted molar refractivity (Wildman–Crippen MR) is 142 cm³/mol. The topological polar surface area (TPSA) is 9.23 Å². The molecule has 1 nitrogen and oxygen atoms in total. The Labute approximate surface area is 208 Å². The van der Waals surface area contributed by atoms with Crippen molar-refractivity contribution in [3.63, 3.8) is 0 Å². The van der Waals surface area contributed by atoms with Crippen LogP contribution in [0.2, 0.25) is 0 Å². The van der Waals surface area contributed by atoms with Gasteiger partial charge in [0, 0.05) is 6.07 Å². The molecule has 3 saturated carbocycles. The first-order valence-electron chi connectivity index (χ1n) is 14.7. The summed E-state index contributed by atoms with van der Waals surface area (Å²) >= 11 is 0. The Bertz CT molecular complexity index is 749. The summed E-state index contributed by atoms with van der Waals surface area (Å²) in [6.45, 7) is 6.40. The molecule has 0 radical (unpaired) electrons. The van der Waals surface area contributed by atoms with E-state index in [0.29, 0.717) is 18.3 Å². The number of ether oxygens (including phenoxy) is 1. The van der Waals surface area contributed by atoms with Gasteiger partial charge in [0.25, 0.3) is 0 Å². The zero-order valence-corrected chi connectivity index (χ0v) is 21.8. The Kier molecular flexibility index (Phi) is 9.95. The summed E-state index contributed by atoms with van der Waals surface area (Å²) in [5, 5.41) is 0. The molecule has 0 aromatic heterocycles. The van der Waals surface area contributed by atoms with E-state index in [4.69, 9.17) is 4.74 Å². The Morgan fingerprint density at radius 2 is 1.53 bits per heavy atom. The van der Waals surface area contributed by atoms with Crippen molar-refractivity contribution in [3.8, 4) is 5.75 Å². The van der Waals surface area contributed by atoms with Crippen molar-refractivity contribution in [2.24, 2.45) is 29.6 Å². The lowest BCUT2D eigenvalue weighted by Gasteiger charge is -2.43. The number of rotatable bonds is 11. The molecule has 0 amide bonds. The molecule has 4 unspecified atom stereocenters. The van der Waals surface area contributed by atoms with Crippen molar-refractivity contribution in [1.82, 2.24) is 0 Å². The molecule has 4 rings (SSSR count). The van der Waals surface area contributed by atoms with E-state index in [9.17, 15) is 4.39 Å². The Morgan fingerprint density at radius 3 is 2.26 bits per heavy atom. The average molecular weight is 469 g/mol. The lowest BCUT2D eigenvalue weighted by atomic mass is 9.63. The molecule has 1 aromatic carbocycles. The van der Waals surface area contributed by atoms with Gasteiger partial charge >= 0.3 is 0 Å². The maximum Gasteiger partial charge on any atom is 0.130 e. The van der Waals surface area contributed by atoms with E-state index < -0.39 is 0 Å². The summed E-state index contributed by atoms with van der Waals surface area (Å²) in [7, 11) is 0. The van der Waals surface area contributed by atoms with Gasteiger partial charge in [0.05, 0.1) is 0 Å². The van der Waals surface area contributed by atoms with Crippen molar-refractivity contribution >= 4 is 0 Å². The molecule has 0 bridgehead atoms. The fourth-order valence-corrected chi connectivity index (χ4v) is 7.58. The van der Waals surface area contributed by atoms with Gasteiger partial charge in [-0.25, -0.2) is 4.39 Å². The van der Waals surface area contributed by atoms with Gasteiger partial charge in [-0.05, 0) is 79.2 Å². The normalized spacial score (nSPS) is 31.6. The third-order valence-electron chi connectivity index (χ3n) is 9.67. The Balaban J connectivity index is 1.18. The summed E-state index contributed by atoms with van der Waals surface area (Å²) in [6.07, 6.45) is 24.3. The zero-order chi connectivity index (χ0) is 23.8. The maximum atomic E-state index is 14.8. The van der Waals surface area contributed by atoms with Crippen LogP contribution in [0.5, 0.6) is 5.75 Å². The molecule has 0 spiro atoms. The highest BCUT2D eigenvalue weighted by Gasteiger charge is 2.36. The highest BCUT2D eigenvalue weighted by atomic mass is 19.1. The van der Waals surface area contributed by atoms with Crippen molar-refractivity contribution in [2.75, 3.05) is 6.61 Å². The summed E-state index contributed by atoms with van der Waals surface area (Å²) in [5.74, 6) is 5.62. The summed E-state index contributed by atoms with van der Waals surface area (Å²) in [5.41, 5.74) is 0.914. The molecule has 0 N–H and O–H groups in total. The first kappa shape index (κ1) is 25.8. The second-order valence-corrected chi connectivity index (χ2v) is 12.0. The number of hydrogen-bond donors (Lipinski definition) is 0. The molecule has 0 aliphatic heterocycles. The van der Waals surface area contributed by atoms with Crippen LogP contribution in [0.1, 0.15) is 121 Å². The summed E-state index contributed by atoms with van der Waals surface area (Å²) in [6, 6.07) is 5.48. The van der Waals surface area contributed by atoms with E-state index in [2.05, 4.69) is 13.5 Å². The van der Waals surface area contributed by atoms with E-state index >= 15 is 0 Å². The van der Waals surface area contributed by atoms with Crippen LogP contribution < -0.4 is 4.74 Å². The van der Waals surface area contributed by atoms with Gasteiger partial charge in [-0.2, -0.15) is 0 Å². The molecule has 190 valence electrons. The van der Waals surface area contributed by atoms with E-state index in [1.54, 1.807) is 12.1 Å². The van der Waals surface area contributed by atoms with Gasteiger partial charge in [0.2, 0.25) is 0 Å². The van der Waals surface area contributed by atoms with Gasteiger partial charge in [-0.15, -0.1) is 0 Å². The van der Waals surface area contributed by atoms with E-state index in [1.807, 2.05) is 12.1 Å². The zero-order valence-electron chi connectivity index (χ0n) is 21.8. The van der Waals surface area contributed by atoms with Gasteiger partial charge in [0.1, 0.15) is 18.2 Å². The minimum absolute atomic E-state index is 0.0845. The first-order chi connectivity index (χ1) is 16.7. The van der Waals surface area contributed by atoms with Crippen molar-refractivity contribution in [2.45, 2.75) is 116 Å². The maximum absolute atomic E-state index is 14.8. The van der Waals surface area contributed by atoms with Crippen LogP contribution in [-0.2, 0) is 0 Å². The van der Waals surface area contributed by atoms with Crippen molar-refractivity contribution < 1.29 is 9.13 Å². The van der Waals surface area contributed by atoms with Crippen LogP contribution in [0, 0.1) is 35.4 Å². The third kappa shape index (κ3) is 7.11. The fourth-order valence-electron chi connectivity index (χ4n) is 7.58. The molecule has 4 atom stereocenters. The largest absolute Gasteiger partial charge is 0.489 e. The van der Waals surface area contributed by atoms with Gasteiger partial charge in [0.15, 0.2) is 0 Å². The molecular weight excluding hydrogens is 419 g/mol. The number of fused-ring (bicyclic) bond motifs is 1. The molecule has 2 heteroatoms. The number of unbranched alkanes of at least 4 members (excludes halogenated alkanes) is 2. The van der Waals surface area contributed by atoms with E-state index in [0.717, 1.165) is 41.6 Å². The standard InChI is InChI=1S/C32H49FO/c1-3-5-6-7-24-8-10-25(11-9-24)12-13-26-14-15-28-22-29(17-16-27(28)21-26)31-19-18-30(23-32(31)33)34-20-4-2/h4,18-19,23-29H,2-3,5-17,20-22H2,1H3. The highest BCUT2D eigenvalue weighted by Crippen LogP contribution is 2.49. The van der Waals surface area contributed by atoms with Crippen molar-refractivity contribution in [1.29, 1.82) is 0 Å². The van der Waals surface area contributed by atoms with Gasteiger partial charge < -0.3 is 4.74 Å². The van der Waals surface area contributed by atoms with Gasteiger partial charge in [-0.1, -0.05) is 96.3 Å². The molecule has 1 aromatic rings. The second-order valence-electron chi connectivity index (χ2n) is 12.0. The third-order valence-corrected chi connectivity index (χ3v) is 9.67. The van der Waals surface area contributed by atoms with E-state index in [-0.39, 0.29) is 5.82 Å². The van der Waals surface area contributed by atoms with Gasteiger partial charge in [-0.3, -0.25) is 0 Å². The first-order valence-corrected chi connectivity index (χ1v) is 14.7. The Morgan fingerprint density at radius 1 is 0.853 bits per heavy atom. The molecular formula is C32H49FO. The molecule has 3 aliphatic rings. The lowest BCUT2D eigenvalue weighted by molar-refractivity contribution is 0.108. The van der Waals surface area contributed by atoms with Crippen LogP contribution in [0.4, 0.5) is 4.39 Å². The molecule has 3 fully saturated rings. The predicted octanol–water partition coefficient (Wildman–Crippen LogP) is 9.86. The lowest BCUT2D eigenvalue weighted by Crippen LogP contribution is -2.31. The summed E-state index contributed by atoms with van der Waals surface area (Å²) in [4.78, 5) is 0. The highest BCUT2D eigenvalue weighted by molar-refractivity contribution is 5.31. The quantitative estimate of drug-likeness (QED) is 0.232. The molecule has 34 heavy (non-hydrogen) atoms. The number of hydrogen-bond acceptors (Lipinski definition) is 1. The number of halogens is 1. The fraction of sp³-hybridized carbons (Fsp3) is 0.750. The van der Waals surface area contributed by atoms with Crippen LogP contribution in [0.15, 0.2) is 30.9 Å². The van der Waals surface area contributed by atoms with Crippen molar-refractivity contribution in [3.05, 3.63) is 42.2 Å². The second kappa shape index (κ2) is 13.1. The van der Waals surface area contributed by atoms with Crippen LogP contribution in [-0.4, -0.2) is 6.61 Å². The molecule has 3 aliphatic carbocycles. The minimum atomic E-state index is -0.0845. The molecule has 0 heterocycles.